The highest BCUT2D eigenvalue weighted by atomic mass is 19.1. The summed E-state index contributed by atoms with van der Waals surface area (Å²) in [6.45, 7) is 2.70. The topological polar surface area (TPSA) is 51.2 Å². The van der Waals surface area contributed by atoms with E-state index in [9.17, 15) is 9.50 Å². The molecule has 0 amide bonds. The van der Waals surface area contributed by atoms with Gasteiger partial charge in [-0.25, -0.2) is 4.39 Å². The third kappa shape index (κ3) is 2.13. The molecule has 4 nitrogen and oxygen atoms in total. The van der Waals surface area contributed by atoms with Gasteiger partial charge < -0.3 is 9.52 Å². The van der Waals surface area contributed by atoms with Crippen LogP contribution in [0.3, 0.4) is 0 Å². The van der Waals surface area contributed by atoms with Gasteiger partial charge in [0.2, 0.25) is 0 Å². The molecule has 0 aliphatic heterocycles. The van der Waals surface area contributed by atoms with Crippen molar-refractivity contribution in [1.82, 2.24) is 9.78 Å². The fourth-order valence-electron chi connectivity index (χ4n) is 2.03. The van der Waals surface area contributed by atoms with E-state index < -0.39 is 6.10 Å². The second-order valence-corrected chi connectivity index (χ2v) is 4.36. The lowest BCUT2D eigenvalue weighted by molar-refractivity contribution is 0.192. The molecular weight excluding hydrogens is 247 g/mol. The van der Waals surface area contributed by atoms with Crippen molar-refractivity contribution in [3.8, 4) is 0 Å². The quantitative estimate of drug-likeness (QED) is 0.787. The average molecular weight is 260 g/mol. The fourth-order valence-corrected chi connectivity index (χ4v) is 2.03. The van der Waals surface area contributed by atoms with Crippen LogP contribution in [0.5, 0.6) is 0 Å². The number of halogens is 1. The van der Waals surface area contributed by atoms with E-state index in [1.807, 2.05) is 6.92 Å². The number of nitrogens with zero attached hydrogens (tertiary/aromatic N) is 2. The van der Waals surface area contributed by atoms with E-state index >= 15 is 0 Å². The molecule has 1 N–H and O–H groups in total. The van der Waals surface area contributed by atoms with Crippen molar-refractivity contribution in [2.45, 2.75) is 19.6 Å². The highest BCUT2D eigenvalue weighted by molar-refractivity contribution is 5.78. The highest BCUT2D eigenvalue weighted by Crippen LogP contribution is 2.28. The standard InChI is InChI=1S/C14H13FN2O2/c1-2-17-8-10(7-16-17)14(18)13-6-9-5-11(15)3-4-12(9)19-13/h3-8,14,18H,2H2,1H3. The van der Waals surface area contributed by atoms with Crippen LogP contribution in [0.15, 0.2) is 41.1 Å². The minimum atomic E-state index is -0.893. The fraction of sp³-hybridized carbons (Fsp3) is 0.214. The molecular formula is C14H13FN2O2. The van der Waals surface area contributed by atoms with Crippen LogP contribution in [-0.4, -0.2) is 14.9 Å². The molecule has 0 saturated carbocycles. The summed E-state index contributed by atoms with van der Waals surface area (Å²) in [5.74, 6) is 0.0596. The van der Waals surface area contributed by atoms with Crippen molar-refractivity contribution in [1.29, 1.82) is 0 Å². The van der Waals surface area contributed by atoms with Gasteiger partial charge in [-0.3, -0.25) is 4.68 Å². The third-order valence-corrected chi connectivity index (χ3v) is 3.06. The highest BCUT2D eigenvalue weighted by Gasteiger charge is 2.17. The number of hydrogen-bond donors (Lipinski definition) is 1. The number of rotatable bonds is 3. The molecule has 3 rings (SSSR count). The van der Waals surface area contributed by atoms with Gasteiger partial charge in [0.15, 0.2) is 0 Å². The molecule has 1 unspecified atom stereocenters. The zero-order valence-corrected chi connectivity index (χ0v) is 10.4. The van der Waals surface area contributed by atoms with Crippen molar-refractivity contribution in [3.05, 3.63) is 53.8 Å². The molecule has 5 heteroatoms. The first-order valence-electron chi connectivity index (χ1n) is 6.07. The van der Waals surface area contributed by atoms with Gasteiger partial charge in [-0.15, -0.1) is 0 Å². The molecule has 1 aromatic carbocycles. The molecule has 2 heterocycles. The Morgan fingerprint density at radius 3 is 3.00 bits per heavy atom. The lowest BCUT2D eigenvalue weighted by Crippen LogP contribution is -1.97. The normalized spacial score (nSPS) is 13.0. The summed E-state index contributed by atoms with van der Waals surface area (Å²) >= 11 is 0. The summed E-state index contributed by atoms with van der Waals surface area (Å²) in [6.07, 6.45) is 2.47. The number of aliphatic hydroxyl groups is 1. The number of aliphatic hydroxyl groups excluding tert-OH is 1. The third-order valence-electron chi connectivity index (χ3n) is 3.06. The summed E-state index contributed by atoms with van der Waals surface area (Å²) in [7, 11) is 0. The van der Waals surface area contributed by atoms with E-state index in [0.717, 1.165) is 6.54 Å². The first-order valence-corrected chi connectivity index (χ1v) is 6.07. The summed E-state index contributed by atoms with van der Waals surface area (Å²) < 4.78 is 20.4. The number of aromatic nitrogens is 2. The molecule has 0 radical (unpaired) electrons. The minimum absolute atomic E-state index is 0.326. The smallest absolute Gasteiger partial charge is 0.140 e. The van der Waals surface area contributed by atoms with E-state index in [4.69, 9.17) is 4.42 Å². The van der Waals surface area contributed by atoms with Crippen molar-refractivity contribution >= 4 is 11.0 Å². The predicted molar refractivity (Wildman–Crippen MR) is 68.1 cm³/mol. The van der Waals surface area contributed by atoms with E-state index in [2.05, 4.69) is 5.10 Å². The number of furan rings is 1. The predicted octanol–water partition coefficient (Wildman–Crippen LogP) is 2.87. The van der Waals surface area contributed by atoms with E-state index in [0.29, 0.717) is 22.3 Å². The summed E-state index contributed by atoms with van der Waals surface area (Å²) in [4.78, 5) is 0. The molecule has 19 heavy (non-hydrogen) atoms. The molecule has 0 spiro atoms. The van der Waals surface area contributed by atoms with Gasteiger partial charge in [0.25, 0.3) is 0 Å². The zero-order valence-electron chi connectivity index (χ0n) is 10.4. The van der Waals surface area contributed by atoms with Gasteiger partial charge in [-0.2, -0.15) is 5.10 Å². The molecule has 0 saturated heterocycles. The summed E-state index contributed by atoms with van der Waals surface area (Å²) in [5.41, 5.74) is 1.21. The van der Waals surface area contributed by atoms with E-state index in [1.54, 1.807) is 29.2 Å². The minimum Gasteiger partial charge on any atom is -0.458 e. The van der Waals surface area contributed by atoms with Gasteiger partial charge in [-0.05, 0) is 31.2 Å². The summed E-state index contributed by atoms with van der Waals surface area (Å²) in [6, 6.07) is 5.91. The van der Waals surface area contributed by atoms with Gasteiger partial charge in [-0.1, -0.05) is 0 Å². The largest absolute Gasteiger partial charge is 0.458 e. The Hall–Kier alpha value is -2.14. The van der Waals surface area contributed by atoms with Crippen LogP contribution in [0.1, 0.15) is 24.4 Å². The maximum Gasteiger partial charge on any atom is 0.140 e. The van der Waals surface area contributed by atoms with Crippen LogP contribution >= 0.6 is 0 Å². The van der Waals surface area contributed by atoms with Crippen molar-refractivity contribution < 1.29 is 13.9 Å². The Morgan fingerprint density at radius 1 is 1.42 bits per heavy atom. The van der Waals surface area contributed by atoms with Crippen LogP contribution in [0.4, 0.5) is 4.39 Å². The van der Waals surface area contributed by atoms with Gasteiger partial charge in [0.05, 0.1) is 6.20 Å². The van der Waals surface area contributed by atoms with Gasteiger partial charge >= 0.3 is 0 Å². The molecule has 0 fully saturated rings. The second-order valence-electron chi connectivity index (χ2n) is 4.36. The molecule has 3 aromatic rings. The molecule has 2 aromatic heterocycles. The number of benzene rings is 1. The van der Waals surface area contributed by atoms with Crippen molar-refractivity contribution in [2.24, 2.45) is 0 Å². The van der Waals surface area contributed by atoms with Crippen molar-refractivity contribution in [3.63, 3.8) is 0 Å². The van der Waals surface area contributed by atoms with Crippen molar-refractivity contribution in [2.75, 3.05) is 0 Å². The first-order chi connectivity index (χ1) is 9.17. The molecule has 0 aliphatic rings. The lowest BCUT2D eigenvalue weighted by Gasteiger charge is -2.03. The first kappa shape index (κ1) is 11.9. The Kier molecular flexibility index (Phi) is 2.83. The maximum atomic E-state index is 13.1. The molecule has 1 atom stereocenters. The van der Waals surface area contributed by atoms with Gasteiger partial charge in [0, 0.05) is 23.7 Å². The van der Waals surface area contributed by atoms with Crippen LogP contribution in [0.25, 0.3) is 11.0 Å². The average Bonchev–Trinajstić information content (AvgIpc) is 3.03. The van der Waals surface area contributed by atoms with Crippen LogP contribution in [-0.2, 0) is 6.54 Å². The van der Waals surface area contributed by atoms with Crippen LogP contribution in [0.2, 0.25) is 0 Å². The summed E-state index contributed by atoms with van der Waals surface area (Å²) in [5, 5.41) is 15.0. The van der Waals surface area contributed by atoms with Crippen LogP contribution in [0, 0.1) is 5.82 Å². The Morgan fingerprint density at radius 2 is 2.26 bits per heavy atom. The Labute approximate surface area is 109 Å². The van der Waals surface area contributed by atoms with Crippen LogP contribution < -0.4 is 0 Å². The second kappa shape index (κ2) is 4.51. The molecule has 98 valence electrons. The molecule has 0 aliphatic carbocycles. The van der Waals surface area contributed by atoms with E-state index in [-0.39, 0.29) is 5.82 Å². The molecule has 0 bridgehead atoms. The zero-order chi connectivity index (χ0) is 13.4. The Balaban J connectivity index is 1.98. The maximum absolute atomic E-state index is 13.1. The number of aryl methyl sites for hydroxylation is 1. The van der Waals surface area contributed by atoms with E-state index in [1.165, 1.54) is 12.1 Å². The monoisotopic (exact) mass is 260 g/mol. The Bertz CT molecular complexity index is 717. The number of fused-ring (bicyclic) bond motifs is 1. The lowest BCUT2D eigenvalue weighted by atomic mass is 10.1. The van der Waals surface area contributed by atoms with Gasteiger partial charge in [0.1, 0.15) is 23.3 Å². The SMILES string of the molecule is CCn1cc(C(O)c2cc3cc(F)ccc3o2)cn1. The number of hydrogen-bond acceptors (Lipinski definition) is 3.